The van der Waals surface area contributed by atoms with E-state index >= 15 is 0 Å². The van der Waals surface area contributed by atoms with Crippen LogP contribution in [0.3, 0.4) is 0 Å². The number of pyridine rings is 1. The Labute approximate surface area is 111 Å². The van der Waals surface area contributed by atoms with Crippen molar-refractivity contribution < 1.29 is 9.18 Å². The molecular weight excluding hydrogens is 301 g/mol. The Bertz CT molecular complexity index is 586. The molecule has 0 aliphatic rings. The molecule has 0 spiro atoms. The second-order valence-electron chi connectivity index (χ2n) is 3.56. The summed E-state index contributed by atoms with van der Waals surface area (Å²) in [6.45, 7) is 0. The fourth-order valence-electron chi connectivity index (χ4n) is 1.31. The number of nitrogens with one attached hydrogen (secondary N) is 1. The van der Waals surface area contributed by atoms with E-state index < -0.39 is 11.7 Å². The molecule has 6 heteroatoms. The van der Waals surface area contributed by atoms with E-state index in [1.54, 1.807) is 12.1 Å². The first kappa shape index (κ1) is 12.5. The standard InChI is InChI=1S/C12H9BrFN3O/c13-9-3-2-8(5-10(9)14)17-12(18)11-4-1-7(15)6-16-11/h1-6H,15H2,(H,17,18). The Morgan fingerprint density at radius 1 is 1.33 bits per heavy atom. The van der Waals surface area contributed by atoms with Gasteiger partial charge >= 0.3 is 0 Å². The van der Waals surface area contributed by atoms with Crippen molar-refractivity contribution in [1.82, 2.24) is 4.98 Å². The van der Waals surface area contributed by atoms with E-state index in [4.69, 9.17) is 5.73 Å². The molecule has 1 aromatic heterocycles. The molecule has 1 heterocycles. The average molecular weight is 310 g/mol. The number of nitrogens with two attached hydrogens (primary N) is 1. The molecule has 18 heavy (non-hydrogen) atoms. The molecule has 2 rings (SSSR count). The number of hydrogen-bond donors (Lipinski definition) is 2. The predicted octanol–water partition coefficient (Wildman–Crippen LogP) is 2.82. The van der Waals surface area contributed by atoms with Crippen molar-refractivity contribution in [2.45, 2.75) is 0 Å². The van der Waals surface area contributed by atoms with Gasteiger partial charge in [-0.3, -0.25) is 4.79 Å². The van der Waals surface area contributed by atoms with Crippen LogP contribution in [0.25, 0.3) is 0 Å². The number of rotatable bonds is 2. The lowest BCUT2D eigenvalue weighted by molar-refractivity contribution is 0.102. The highest BCUT2D eigenvalue weighted by Crippen LogP contribution is 2.19. The van der Waals surface area contributed by atoms with Crippen LogP contribution in [0.2, 0.25) is 0 Å². The molecule has 2 aromatic rings. The number of carbonyl (C=O) groups excluding carboxylic acids is 1. The number of nitrogen functional groups attached to an aromatic ring is 1. The van der Waals surface area contributed by atoms with Gasteiger partial charge in [-0.2, -0.15) is 0 Å². The first-order chi connectivity index (χ1) is 8.56. The van der Waals surface area contributed by atoms with Crippen molar-refractivity contribution in [3.63, 3.8) is 0 Å². The normalized spacial score (nSPS) is 10.1. The first-order valence-electron chi connectivity index (χ1n) is 5.04. The summed E-state index contributed by atoms with van der Waals surface area (Å²) < 4.78 is 13.6. The number of hydrogen-bond acceptors (Lipinski definition) is 3. The van der Waals surface area contributed by atoms with Gasteiger partial charge in [0.25, 0.3) is 5.91 Å². The summed E-state index contributed by atoms with van der Waals surface area (Å²) in [6, 6.07) is 7.40. The Balaban J connectivity index is 2.16. The largest absolute Gasteiger partial charge is 0.397 e. The number of halogens is 2. The van der Waals surface area contributed by atoms with Gasteiger partial charge in [-0.15, -0.1) is 0 Å². The van der Waals surface area contributed by atoms with Crippen LogP contribution in [0.4, 0.5) is 15.8 Å². The quantitative estimate of drug-likeness (QED) is 0.896. The third kappa shape index (κ3) is 2.84. The fourth-order valence-corrected chi connectivity index (χ4v) is 1.56. The molecular formula is C12H9BrFN3O. The molecule has 0 aliphatic heterocycles. The zero-order valence-electron chi connectivity index (χ0n) is 9.15. The SMILES string of the molecule is Nc1ccc(C(=O)Nc2ccc(Br)c(F)c2)nc1. The van der Waals surface area contributed by atoms with Gasteiger partial charge in [-0.25, -0.2) is 9.37 Å². The van der Waals surface area contributed by atoms with Crippen LogP contribution in [0.5, 0.6) is 0 Å². The Hall–Kier alpha value is -1.95. The lowest BCUT2D eigenvalue weighted by atomic mass is 10.3. The molecule has 1 amide bonds. The summed E-state index contributed by atoms with van der Waals surface area (Å²) in [6.07, 6.45) is 1.39. The fraction of sp³-hybridized carbons (Fsp3) is 0. The van der Waals surface area contributed by atoms with Gasteiger partial charge in [0.1, 0.15) is 11.5 Å². The summed E-state index contributed by atoms with van der Waals surface area (Å²) in [5, 5.41) is 2.54. The third-order valence-electron chi connectivity index (χ3n) is 2.20. The van der Waals surface area contributed by atoms with E-state index in [9.17, 15) is 9.18 Å². The number of carbonyl (C=O) groups is 1. The molecule has 4 nitrogen and oxygen atoms in total. The molecule has 0 aliphatic carbocycles. The van der Waals surface area contributed by atoms with Gasteiger partial charge in [0, 0.05) is 5.69 Å². The van der Waals surface area contributed by atoms with Crippen LogP contribution in [-0.2, 0) is 0 Å². The summed E-state index contributed by atoms with van der Waals surface area (Å²) >= 11 is 3.03. The second kappa shape index (κ2) is 5.14. The van der Waals surface area contributed by atoms with Crippen molar-refractivity contribution in [2.75, 3.05) is 11.1 Å². The van der Waals surface area contributed by atoms with E-state index in [1.807, 2.05) is 0 Å². The number of nitrogens with zero attached hydrogens (tertiary/aromatic N) is 1. The second-order valence-corrected chi connectivity index (χ2v) is 4.41. The highest BCUT2D eigenvalue weighted by Gasteiger charge is 2.08. The monoisotopic (exact) mass is 309 g/mol. The molecule has 0 bridgehead atoms. The molecule has 0 unspecified atom stereocenters. The highest BCUT2D eigenvalue weighted by molar-refractivity contribution is 9.10. The van der Waals surface area contributed by atoms with Crippen LogP contribution in [0.1, 0.15) is 10.5 Å². The maximum atomic E-state index is 13.3. The van der Waals surface area contributed by atoms with Gasteiger partial charge in [-0.1, -0.05) is 0 Å². The molecule has 0 radical (unpaired) electrons. The van der Waals surface area contributed by atoms with Crippen LogP contribution in [-0.4, -0.2) is 10.9 Å². The van der Waals surface area contributed by atoms with E-state index in [0.29, 0.717) is 15.8 Å². The van der Waals surface area contributed by atoms with E-state index in [1.165, 1.54) is 24.4 Å². The van der Waals surface area contributed by atoms with Gasteiger partial charge in [0.2, 0.25) is 0 Å². The average Bonchev–Trinajstić information content (AvgIpc) is 2.34. The van der Waals surface area contributed by atoms with Crippen molar-refractivity contribution in [3.05, 3.63) is 52.5 Å². The maximum absolute atomic E-state index is 13.3. The van der Waals surface area contributed by atoms with E-state index in [-0.39, 0.29) is 5.69 Å². The van der Waals surface area contributed by atoms with Crippen molar-refractivity contribution in [1.29, 1.82) is 0 Å². The zero-order valence-corrected chi connectivity index (χ0v) is 10.7. The molecule has 0 atom stereocenters. The minimum Gasteiger partial charge on any atom is -0.397 e. The van der Waals surface area contributed by atoms with E-state index in [2.05, 4.69) is 26.2 Å². The first-order valence-corrected chi connectivity index (χ1v) is 5.83. The molecule has 0 saturated heterocycles. The minimum absolute atomic E-state index is 0.215. The smallest absolute Gasteiger partial charge is 0.274 e. The zero-order chi connectivity index (χ0) is 13.1. The Morgan fingerprint density at radius 3 is 2.72 bits per heavy atom. The van der Waals surface area contributed by atoms with Gasteiger partial charge < -0.3 is 11.1 Å². The number of benzene rings is 1. The Morgan fingerprint density at radius 2 is 2.11 bits per heavy atom. The molecule has 92 valence electrons. The number of anilines is 2. The van der Waals surface area contributed by atoms with Gasteiger partial charge in [0.15, 0.2) is 0 Å². The summed E-state index contributed by atoms with van der Waals surface area (Å²) in [5.74, 6) is -0.866. The van der Waals surface area contributed by atoms with Crippen molar-refractivity contribution in [2.24, 2.45) is 0 Å². The summed E-state index contributed by atoms with van der Waals surface area (Å²) in [5.41, 5.74) is 6.52. The summed E-state index contributed by atoms with van der Waals surface area (Å²) in [4.78, 5) is 15.6. The van der Waals surface area contributed by atoms with Gasteiger partial charge in [-0.05, 0) is 46.3 Å². The van der Waals surface area contributed by atoms with Crippen LogP contribution < -0.4 is 11.1 Å². The van der Waals surface area contributed by atoms with Crippen LogP contribution >= 0.6 is 15.9 Å². The molecule has 1 aromatic carbocycles. The minimum atomic E-state index is -0.446. The van der Waals surface area contributed by atoms with Crippen LogP contribution in [0, 0.1) is 5.82 Å². The lowest BCUT2D eigenvalue weighted by Gasteiger charge is -2.05. The topological polar surface area (TPSA) is 68.0 Å². The highest BCUT2D eigenvalue weighted by atomic mass is 79.9. The Kier molecular flexibility index (Phi) is 3.57. The van der Waals surface area contributed by atoms with Gasteiger partial charge in [0.05, 0.1) is 16.4 Å². The maximum Gasteiger partial charge on any atom is 0.274 e. The number of aromatic nitrogens is 1. The lowest BCUT2D eigenvalue weighted by Crippen LogP contribution is -2.13. The summed E-state index contributed by atoms with van der Waals surface area (Å²) in [7, 11) is 0. The van der Waals surface area contributed by atoms with E-state index in [0.717, 1.165) is 0 Å². The van der Waals surface area contributed by atoms with Crippen molar-refractivity contribution >= 4 is 33.2 Å². The molecule has 0 saturated carbocycles. The van der Waals surface area contributed by atoms with Crippen molar-refractivity contribution in [3.8, 4) is 0 Å². The third-order valence-corrected chi connectivity index (χ3v) is 2.84. The predicted molar refractivity (Wildman–Crippen MR) is 70.7 cm³/mol. The molecule has 0 fully saturated rings. The number of amides is 1. The van der Waals surface area contributed by atoms with Crippen LogP contribution in [0.15, 0.2) is 41.0 Å². The molecule has 3 N–H and O–H groups in total.